The van der Waals surface area contributed by atoms with E-state index in [-0.39, 0.29) is 11.8 Å². The molecule has 1 spiro atoms. The lowest BCUT2D eigenvalue weighted by molar-refractivity contribution is 0.0476. The number of para-hydroxylation sites is 1. The van der Waals surface area contributed by atoms with E-state index in [4.69, 9.17) is 4.74 Å². The van der Waals surface area contributed by atoms with Crippen molar-refractivity contribution in [3.05, 3.63) is 29.8 Å². The SMILES string of the molecule is O=C1CC2(CCN(C(=O)NC3CCCCC3)C2)Oc2ccccc21. The number of likely N-dealkylation sites (tertiary alicyclic amines) is 1. The number of fused-ring (bicyclic) bond motifs is 1. The molecule has 0 radical (unpaired) electrons. The molecule has 24 heavy (non-hydrogen) atoms. The zero-order valence-electron chi connectivity index (χ0n) is 13.9. The van der Waals surface area contributed by atoms with Crippen molar-refractivity contribution < 1.29 is 14.3 Å². The molecule has 1 aromatic carbocycles. The van der Waals surface area contributed by atoms with Crippen molar-refractivity contribution in [3.8, 4) is 5.75 Å². The summed E-state index contributed by atoms with van der Waals surface area (Å²) in [7, 11) is 0. The number of nitrogens with one attached hydrogen (secondary N) is 1. The lowest BCUT2D eigenvalue weighted by Crippen LogP contribution is -2.49. The fraction of sp³-hybridized carbons (Fsp3) is 0.579. The molecule has 2 fully saturated rings. The third-order valence-electron chi connectivity index (χ3n) is 5.53. The van der Waals surface area contributed by atoms with E-state index in [2.05, 4.69) is 5.32 Å². The first kappa shape index (κ1) is 15.5. The molecular weight excluding hydrogens is 304 g/mol. The number of urea groups is 1. The molecule has 5 heteroatoms. The van der Waals surface area contributed by atoms with Crippen molar-refractivity contribution in [1.82, 2.24) is 10.2 Å². The summed E-state index contributed by atoms with van der Waals surface area (Å²) in [6.45, 7) is 1.14. The molecule has 1 unspecified atom stereocenters. The van der Waals surface area contributed by atoms with E-state index < -0.39 is 5.60 Å². The highest BCUT2D eigenvalue weighted by Crippen LogP contribution is 2.38. The van der Waals surface area contributed by atoms with Gasteiger partial charge in [0, 0.05) is 19.0 Å². The van der Waals surface area contributed by atoms with Crippen LogP contribution < -0.4 is 10.1 Å². The molecule has 1 aromatic rings. The van der Waals surface area contributed by atoms with E-state index in [1.807, 2.05) is 29.2 Å². The lowest BCUT2D eigenvalue weighted by atomic mass is 9.89. The number of ether oxygens (including phenoxy) is 1. The first-order valence-electron chi connectivity index (χ1n) is 9.02. The van der Waals surface area contributed by atoms with Crippen LogP contribution >= 0.6 is 0 Å². The molecule has 5 nitrogen and oxygen atoms in total. The molecular formula is C19H24N2O3. The van der Waals surface area contributed by atoms with Gasteiger partial charge in [-0.15, -0.1) is 0 Å². The van der Waals surface area contributed by atoms with Crippen LogP contribution in [0.15, 0.2) is 24.3 Å². The molecule has 1 atom stereocenters. The van der Waals surface area contributed by atoms with Gasteiger partial charge in [0.05, 0.1) is 18.5 Å². The second kappa shape index (κ2) is 6.11. The number of hydrogen-bond donors (Lipinski definition) is 1. The van der Waals surface area contributed by atoms with E-state index in [1.165, 1.54) is 19.3 Å². The monoisotopic (exact) mass is 328 g/mol. The molecule has 1 saturated carbocycles. The summed E-state index contributed by atoms with van der Waals surface area (Å²) >= 11 is 0. The van der Waals surface area contributed by atoms with Crippen LogP contribution in [-0.2, 0) is 0 Å². The maximum absolute atomic E-state index is 12.5. The number of rotatable bonds is 1. The Kier molecular flexibility index (Phi) is 3.94. The highest BCUT2D eigenvalue weighted by molar-refractivity contribution is 6.00. The van der Waals surface area contributed by atoms with Crippen molar-refractivity contribution in [1.29, 1.82) is 0 Å². The lowest BCUT2D eigenvalue weighted by Gasteiger charge is -2.34. The Labute approximate surface area is 142 Å². The molecule has 1 saturated heterocycles. The van der Waals surface area contributed by atoms with Gasteiger partial charge in [0.2, 0.25) is 0 Å². The van der Waals surface area contributed by atoms with Gasteiger partial charge in [0.25, 0.3) is 0 Å². The number of nitrogens with zero attached hydrogens (tertiary/aromatic N) is 1. The zero-order chi connectivity index (χ0) is 16.6. The highest BCUT2D eigenvalue weighted by atomic mass is 16.5. The third-order valence-corrected chi connectivity index (χ3v) is 5.53. The van der Waals surface area contributed by atoms with Crippen LogP contribution in [0.1, 0.15) is 55.3 Å². The average molecular weight is 328 g/mol. The Bertz CT molecular complexity index is 654. The molecule has 1 N–H and O–H groups in total. The molecule has 2 aliphatic heterocycles. The summed E-state index contributed by atoms with van der Waals surface area (Å²) in [6.07, 6.45) is 6.89. The summed E-state index contributed by atoms with van der Waals surface area (Å²) in [4.78, 5) is 26.8. The van der Waals surface area contributed by atoms with Crippen LogP contribution in [0.2, 0.25) is 0 Å². The number of amides is 2. The normalized spacial score (nSPS) is 27.0. The van der Waals surface area contributed by atoms with Crippen molar-refractivity contribution in [3.63, 3.8) is 0 Å². The third kappa shape index (κ3) is 2.87. The number of ketones is 1. The standard InChI is InChI=1S/C19H24N2O3/c22-16-12-19(24-17-9-5-4-8-15(16)17)10-11-21(13-19)18(23)20-14-6-2-1-3-7-14/h4-5,8-9,14H,1-3,6-7,10-13H2,(H,20,23). The molecule has 1 aliphatic carbocycles. The summed E-state index contributed by atoms with van der Waals surface area (Å²) in [5.41, 5.74) is 0.114. The van der Waals surface area contributed by atoms with Gasteiger partial charge in [0.1, 0.15) is 11.4 Å². The number of carbonyl (C=O) groups is 2. The van der Waals surface area contributed by atoms with Gasteiger partial charge in [-0.25, -0.2) is 4.79 Å². The highest BCUT2D eigenvalue weighted by Gasteiger charge is 2.47. The number of hydrogen-bond acceptors (Lipinski definition) is 3. The second-order valence-corrected chi connectivity index (χ2v) is 7.34. The molecule has 128 valence electrons. The Morgan fingerprint density at radius 1 is 1.21 bits per heavy atom. The van der Waals surface area contributed by atoms with Gasteiger partial charge in [-0.1, -0.05) is 31.4 Å². The largest absolute Gasteiger partial charge is 0.484 e. The minimum atomic E-state index is -0.546. The molecule has 3 aliphatic rings. The zero-order valence-corrected chi connectivity index (χ0v) is 13.9. The molecule has 2 heterocycles. The fourth-order valence-electron chi connectivity index (χ4n) is 4.20. The molecule has 0 aromatic heterocycles. The van der Waals surface area contributed by atoms with Crippen LogP contribution in [0.5, 0.6) is 5.75 Å². The Morgan fingerprint density at radius 3 is 2.83 bits per heavy atom. The van der Waals surface area contributed by atoms with Crippen molar-refractivity contribution in [2.45, 2.75) is 56.6 Å². The molecule has 2 amide bonds. The predicted molar refractivity (Wildman–Crippen MR) is 90.3 cm³/mol. The van der Waals surface area contributed by atoms with Gasteiger partial charge in [-0.3, -0.25) is 4.79 Å². The van der Waals surface area contributed by atoms with Gasteiger partial charge in [-0.2, -0.15) is 0 Å². The van der Waals surface area contributed by atoms with Crippen molar-refractivity contribution in [2.75, 3.05) is 13.1 Å². The summed E-state index contributed by atoms with van der Waals surface area (Å²) in [5.74, 6) is 0.773. The van der Waals surface area contributed by atoms with E-state index in [9.17, 15) is 9.59 Å². The van der Waals surface area contributed by atoms with Crippen LogP contribution in [0.4, 0.5) is 4.79 Å². The second-order valence-electron chi connectivity index (χ2n) is 7.34. The fourth-order valence-corrected chi connectivity index (χ4v) is 4.20. The first-order chi connectivity index (χ1) is 11.7. The van der Waals surface area contributed by atoms with Crippen LogP contribution in [0, 0.1) is 0 Å². The maximum Gasteiger partial charge on any atom is 0.317 e. The van der Waals surface area contributed by atoms with Gasteiger partial charge >= 0.3 is 6.03 Å². The number of carbonyl (C=O) groups excluding carboxylic acids is 2. The van der Waals surface area contributed by atoms with Crippen LogP contribution in [-0.4, -0.2) is 41.4 Å². The molecule has 0 bridgehead atoms. The predicted octanol–water partition coefficient (Wildman–Crippen LogP) is 3.14. The van der Waals surface area contributed by atoms with E-state index in [0.29, 0.717) is 43.3 Å². The number of benzene rings is 1. The smallest absolute Gasteiger partial charge is 0.317 e. The minimum absolute atomic E-state index is 0.00585. The van der Waals surface area contributed by atoms with Crippen molar-refractivity contribution in [2.24, 2.45) is 0 Å². The van der Waals surface area contributed by atoms with Crippen LogP contribution in [0.3, 0.4) is 0 Å². The van der Waals surface area contributed by atoms with E-state index >= 15 is 0 Å². The summed E-state index contributed by atoms with van der Waals surface area (Å²) in [6, 6.07) is 7.70. The quantitative estimate of drug-likeness (QED) is 0.861. The maximum atomic E-state index is 12.5. The average Bonchev–Trinajstić information content (AvgIpc) is 2.99. The Morgan fingerprint density at radius 2 is 2.00 bits per heavy atom. The van der Waals surface area contributed by atoms with Crippen LogP contribution in [0.25, 0.3) is 0 Å². The van der Waals surface area contributed by atoms with Gasteiger partial charge < -0.3 is 15.0 Å². The first-order valence-corrected chi connectivity index (χ1v) is 9.02. The Balaban J connectivity index is 1.42. The van der Waals surface area contributed by atoms with Gasteiger partial charge in [0.15, 0.2) is 5.78 Å². The van der Waals surface area contributed by atoms with Crippen molar-refractivity contribution >= 4 is 11.8 Å². The van der Waals surface area contributed by atoms with Gasteiger partial charge in [-0.05, 0) is 25.0 Å². The summed E-state index contributed by atoms with van der Waals surface area (Å²) < 4.78 is 6.18. The van der Waals surface area contributed by atoms with E-state index in [1.54, 1.807) is 0 Å². The summed E-state index contributed by atoms with van der Waals surface area (Å²) in [5, 5.41) is 3.16. The topological polar surface area (TPSA) is 58.6 Å². The molecule has 4 rings (SSSR count). The Hall–Kier alpha value is -2.04. The number of Topliss-reactive ketones (excluding diaryl/α,β-unsaturated/α-hetero) is 1. The van der Waals surface area contributed by atoms with E-state index in [0.717, 1.165) is 12.8 Å². The minimum Gasteiger partial charge on any atom is -0.484 e.